The number of carbonyl (C=O) groups excluding carboxylic acids is 3. The Morgan fingerprint density at radius 2 is 1.74 bits per heavy atom. The van der Waals surface area contributed by atoms with E-state index in [1.165, 1.54) is 4.90 Å². The highest BCUT2D eigenvalue weighted by molar-refractivity contribution is 6.09. The van der Waals surface area contributed by atoms with Gasteiger partial charge in [-0.05, 0) is 48.5 Å². The predicted molar refractivity (Wildman–Crippen MR) is 112 cm³/mol. The Morgan fingerprint density at radius 3 is 2.35 bits per heavy atom. The summed E-state index contributed by atoms with van der Waals surface area (Å²) in [5, 5.41) is 2.97. The number of hydrogen-bond acceptors (Lipinski definition) is 4. The Balaban J connectivity index is 1.27. The molecule has 1 N–H and O–H groups in total. The molecule has 1 aromatic rings. The number of nitrogens with one attached hydrogen (secondary N) is 1. The summed E-state index contributed by atoms with van der Waals surface area (Å²) >= 11 is 0. The molecule has 8 atom stereocenters. The Morgan fingerprint density at radius 1 is 1.06 bits per heavy atom. The average Bonchev–Trinajstić information content (AvgIpc) is 3.38. The Bertz CT molecular complexity index is 902. The number of likely N-dealkylation sites (tertiary alicyclic amines) is 1. The second-order valence-electron chi connectivity index (χ2n) is 9.79. The lowest BCUT2D eigenvalue weighted by molar-refractivity contribution is -0.148. The third-order valence-electron chi connectivity index (χ3n) is 8.11. The van der Waals surface area contributed by atoms with Crippen molar-refractivity contribution in [1.29, 1.82) is 0 Å². The van der Waals surface area contributed by atoms with Crippen LogP contribution in [0.5, 0.6) is 0 Å². The van der Waals surface area contributed by atoms with Gasteiger partial charge in [0.25, 0.3) is 0 Å². The van der Waals surface area contributed by atoms with Crippen LogP contribution in [0.4, 0.5) is 0 Å². The summed E-state index contributed by atoms with van der Waals surface area (Å²) in [7, 11) is 0. The van der Waals surface area contributed by atoms with Crippen molar-refractivity contribution in [2.24, 2.45) is 35.5 Å². The van der Waals surface area contributed by atoms with Gasteiger partial charge in [-0.2, -0.15) is 0 Å². The number of ether oxygens (including phenoxy) is 1. The van der Waals surface area contributed by atoms with Gasteiger partial charge in [-0.3, -0.25) is 19.3 Å². The summed E-state index contributed by atoms with van der Waals surface area (Å²) < 4.78 is 5.63. The van der Waals surface area contributed by atoms with Gasteiger partial charge < -0.3 is 10.1 Å². The van der Waals surface area contributed by atoms with E-state index in [0.717, 1.165) is 31.4 Å². The highest BCUT2D eigenvalue weighted by Gasteiger charge is 2.67. The third-order valence-corrected chi connectivity index (χ3v) is 8.11. The predicted octanol–water partition coefficient (Wildman–Crippen LogP) is 1.95. The van der Waals surface area contributed by atoms with Crippen molar-refractivity contribution in [3.8, 4) is 0 Å². The van der Waals surface area contributed by atoms with E-state index in [9.17, 15) is 14.4 Å². The van der Waals surface area contributed by atoms with Gasteiger partial charge in [-0.25, -0.2) is 0 Å². The maximum absolute atomic E-state index is 13.6. The van der Waals surface area contributed by atoms with Gasteiger partial charge in [0.05, 0.1) is 17.9 Å². The molecule has 7 rings (SSSR count). The van der Waals surface area contributed by atoms with E-state index >= 15 is 0 Å². The van der Waals surface area contributed by atoms with Crippen LogP contribution in [0.1, 0.15) is 24.8 Å². The molecule has 3 amide bonds. The van der Waals surface area contributed by atoms with Crippen LogP contribution >= 0.6 is 0 Å². The zero-order valence-corrected chi connectivity index (χ0v) is 17.5. The van der Waals surface area contributed by atoms with Gasteiger partial charge in [0.2, 0.25) is 17.7 Å². The molecule has 2 aliphatic heterocycles. The number of allylic oxidation sites excluding steroid dienone is 2. The number of rotatable bonds is 6. The van der Waals surface area contributed by atoms with E-state index in [1.807, 2.05) is 30.3 Å². The van der Waals surface area contributed by atoms with E-state index in [-0.39, 0.29) is 47.5 Å². The minimum absolute atomic E-state index is 0.0149. The van der Waals surface area contributed by atoms with Crippen molar-refractivity contribution in [3.63, 3.8) is 0 Å². The number of benzene rings is 1. The molecule has 0 spiro atoms. The topological polar surface area (TPSA) is 75.7 Å². The summed E-state index contributed by atoms with van der Waals surface area (Å²) in [4.78, 5) is 41.8. The number of nitrogens with zero attached hydrogens (tertiary/aromatic N) is 1. The van der Waals surface area contributed by atoms with Crippen LogP contribution in [0.25, 0.3) is 0 Å². The second-order valence-corrected chi connectivity index (χ2v) is 9.79. The largest absolute Gasteiger partial charge is 0.376 e. The lowest BCUT2D eigenvalue weighted by Crippen LogP contribution is -2.52. The first-order chi connectivity index (χ1) is 15.1. The standard InChI is InChI=1S/C25H28N2O4/c28-23(26-13-15-7-4-10-31-15)20(11-14-5-2-1-3-6-14)27-24(29)21-16-8-9-17(19-12-18(16)19)22(21)25(27)30/h1-3,5-6,8-9,15-22H,4,7,10-13H2,(H,26,28)/t15-,16-,17-,18-,19+,20-,21+,22+/m0/s1. The van der Waals surface area contributed by atoms with E-state index in [0.29, 0.717) is 24.8 Å². The minimum Gasteiger partial charge on any atom is -0.376 e. The van der Waals surface area contributed by atoms with Crippen LogP contribution in [-0.2, 0) is 25.5 Å². The second kappa shape index (κ2) is 7.30. The molecule has 6 aliphatic rings. The summed E-state index contributed by atoms with van der Waals surface area (Å²) in [5.74, 6) is 0.308. The van der Waals surface area contributed by atoms with Gasteiger partial charge in [0.15, 0.2) is 0 Å². The Hall–Kier alpha value is -2.47. The molecule has 162 valence electrons. The molecule has 2 bridgehead atoms. The molecule has 0 radical (unpaired) electrons. The van der Waals surface area contributed by atoms with Gasteiger partial charge in [0, 0.05) is 19.6 Å². The molecule has 4 fully saturated rings. The van der Waals surface area contributed by atoms with Gasteiger partial charge in [-0.15, -0.1) is 0 Å². The van der Waals surface area contributed by atoms with Gasteiger partial charge >= 0.3 is 0 Å². The fourth-order valence-electron chi connectivity index (χ4n) is 6.56. The smallest absolute Gasteiger partial charge is 0.243 e. The van der Waals surface area contributed by atoms with Crippen molar-refractivity contribution in [3.05, 3.63) is 48.0 Å². The molecule has 0 unspecified atom stereocenters. The van der Waals surface area contributed by atoms with Crippen LogP contribution < -0.4 is 5.32 Å². The van der Waals surface area contributed by atoms with Crippen molar-refractivity contribution in [2.75, 3.05) is 13.2 Å². The van der Waals surface area contributed by atoms with E-state index in [4.69, 9.17) is 4.74 Å². The summed E-state index contributed by atoms with van der Waals surface area (Å²) in [5.41, 5.74) is 0.944. The molecule has 2 saturated carbocycles. The molecule has 2 heterocycles. The van der Waals surface area contributed by atoms with Gasteiger partial charge in [0.1, 0.15) is 6.04 Å². The van der Waals surface area contributed by atoms with Crippen molar-refractivity contribution >= 4 is 17.7 Å². The van der Waals surface area contributed by atoms with E-state index in [1.54, 1.807) is 0 Å². The van der Waals surface area contributed by atoms with Crippen LogP contribution in [0, 0.1) is 35.5 Å². The monoisotopic (exact) mass is 420 g/mol. The fourth-order valence-corrected chi connectivity index (χ4v) is 6.56. The normalized spacial score (nSPS) is 38.2. The highest BCUT2D eigenvalue weighted by atomic mass is 16.5. The van der Waals surface area contributed by atoms with Gasteiger partial charge in [-0.1, -0.05) is 42.5 Å². The SMILES string of the molecule is O=C(NC[C@@H]1CCCO1)[C@H](Cc1ccccc1)N1C(=O)[C@@H]2[C@H]3C=C[C@@H]([C@@H]4C[C@H]34)[C@H]2C1=O. The molecule has 6 heteroatoms. The quantitative estimate of drug-likeness (QED) is 0.564. The molecular formula is C25H28N2O4. The van der Waals surface area contributed by atoms with Crippen LogP contribution in [0.3, 0.4) is 0 Å². The summed E-state index contributed by atoms with van der Waals surface area (Å²) in [6.07, 6.45) is 7.74. The maximum Gasteiger partial charge on any atom is 0.243 e. The van der Waals surface area contributed by atoms with Crippen molar-refractivity contribution in [2.45, 2.75) is 37.8 Å². The van der Waals surface area contributed by atoms with Crippen LogP contribution in [0.2, 0.25) is 0 Å². The summed E-state index contributed by atoms with van der Waals surface area (Å²) in [6, 6.07) is 8.83. The lowest BCUT2D eigenvalue weighted by atomic mass is 9.63. The fraction of sp³-hybridized carbons (Fsp3) is 0.560. The van der Waals surface area contributed by atoms with E-state index < -0.39 is 6.04 Å². The number of amides is 3. The molecular weight excluding hydrogens is 392 g/mol. The molecule has 6 nitrogen and oxygen atoms in total. The third kappa shape index (κ3) is 3.06. The number of imide groups is 1. The van der Waals surface area contributed by atoms with Crippen LogP contribution in [-0.4, -0.2) is 47.9 Å². The average molecular weight is 421 g/mol. The first-order valence-corrected chi connectivity index (χ1v) is 11.6. The van der Waals surface area contributed by atoms with Crippen molar-refractivity contribution < 1.29 is 19.1 Å². The zero-order chi connectivity index (χ0) is 21.1. The highest BCUT2D eigenvalue weighted by Crippen LogP contribution is 2.65. The molecule has 0 aromatic heterocycles. The first kappa shape index (κ1) is 19.2. The maximum atomic E-state index is 13.6. The Kier molecular flexibility index (Phi) is 4.53. The summed E-state index contributed by atoms with van der Waals surface area (Å²) in [6.45, 7) is 1.14. The first-order valence-electron chi connectivity index (χ1n) is 11.6. The number of hydrogen-bond donors (Lipinski definition) is 1. The minimum atomic E-state index is -0.815. The molecule has 1 aromatic carbocycles. The molecule has 2 saturated heterocycles. The lowest BCUT2D eigenvalue weighted by Gasteiger charge is -2.37. The van der Waals surface area contributed by atoms with E-state index in [2.05, 4.69) is 17.5 Å². The Labute approximate surface area is 182 Å². The zero-order valence-electron chi connectivity index (χ0n) is 17.5. The number of carbonyl (C=O) groups is 3. The molecule has 31 heavy (non-hydrogen) atoms. The van der Waals surface area contributed by atoms with Crippen LogP contribution in [0.15, 0.2) is 42.5 Å². The van der Waals surface area contributed by atoms with Crippen molar-refractivity contribution in [1.82, 2.24) is 10.2 Å². The molecule has 4 aliphatic carbocycles.